The van der Waals surface area contributed by atoms with Gasteiger partial charge in [-0.3, -0.25) is 4.79 Å². The molecule has 22 heavy (non-hydrogen) atoms. The lowest BCUT2D eigenvalue weighted by atomic mass is 10.2. The van der Waals surface area contributed by atoms with E-state index < -0.39 is 0 Å². The second-order valence-electron chi connectivity index (χ2n) is 6.02. The van der Waals surface area contributed by atoms with Gasteiger partial charge in [0.25, 0.3) is 0 Å². The third-order valence-electron chi connectivity index (χ3n) is 4.21. The van der Waals surface area contributed by atoms with E-state index in [1.807, 2.05) is 11.0 Å². The number of amides is 3. The molecule has 3 amide bonds. The summed E-state index contributed by atoms with van der Waals surface area (Å²) in [5.41, 5.74) is 1.05. The molecule has 3 atom stereocenters. The first-order chi connectivity index (χ1) is 10.6. The fraction of sp³-hybridized carbons (Fsp3) is 0.438. The summed E-state index contributed by atoms with van der Waals surface area (Å²) in [6.07, 6.45) is 1.42. The van der Waals surface area contributed by atoms with E-state index in [9.17, 15) is 9.59 Å². The van der Waals surface area contributed by atoms with Crippen molar-refractivity contribution in [3.05, 3.63) is 29.8 Å². The normalized spacial score (nSPS) is 26.5. The molecule has 1 aliphatic carbocycles. The van der Waals surface area contributed by atoms with E-state index in [4.69, 9.17) is 5.26 Å². The minimum atomic E-state index is -0.349. The molecule has 6 heteroatoms. The molecule has 2 aliphatic rings. The van der Waals surface area contributed by atoms with Crippen LogP contribution in [0.5, 0.6) is 0 Å². The van der Waals surface area contributed by atoms with Crippen LogP contribution in [0.2, 0.25) is 0 Å². The van der Waals surface area contributed by atoms with Crippen molar-refractivity contribution in [2.45, 2.75) is 31.8 Å². The zero-order chi connectivity index (χ0) is 15.7. The number of carbonyl (C=O) groups is 2. The number of benzene rings is 1. The van der Waals surface area contributed by atoms with Crippen LogP contribution in [0.1, 0.15) is 25.3 Å². The van der Waals surface area contributed by atoms with Crippen LogP contribution < -0.4 is 10.6 Å². The molecular weight excluding hydrogens is 280 g/mol. The number of carbonyl (C=O) groups excluding carboxylic acids is 2. The molecule has 1 aromatic rings. The Balaban J connectivity index is 1.54. The van der Waals surface area contributed by atoms with Gasteiger partial charge in [0.15, 0.2) is 0 Å². The van der Waals surface area contributed by atoms with E-state index in [0.29, 0.717) is 36.2 Å². The molecule has 1 aliphatic heterocycles. The lowest BCUT2D eigenvalue weighted by molar-refractivity contribution is -0.128. The van der Waals surface area contributed by atoms with E-state index in [0.717, 1.165) is 6.42 Å². The molecule has 0 spiro atoms. The van der Waals surface area contributed by atoms with Gasteiger partial charge in [-0.05, 0) is 30.5 Å². The van der Waals surface area contributed by atoms with Crippen molar-refractivity contribution >= 4 is 17.6 Å². The predicted molar refractivity (Wildman–Crippen MR) is 81.0 cm³/mol. The Bertz CT molecular complexity index is 652. The van der Waals surface area contributed by atoms with Gasteiger partial charge in [-0.25, -0.2) is 4.79 Å². The second kappa shape index (κ2) is 5.68. The molecule has 1 saturated heterocycles. The summed E-state index contributed by atoms with van der Waals surface area (Å²) in [5.74, 6) is 0.691. The smallest absolute Gasteiger partial charge is 0.319 e. The standard InChI is InChI=1S/C16H18N4O2/c1-10-5-14(10)20-9-13(7-15(20)21)19-16(22)18-12-4-2-3-11(6-12)8-17/h2-4,6,10,13-14H,5,7,9H2,1H3,(H2,18,19,22)/t10-,13+,14+/m1/s1. The van der Waals surface area contributed by atoms with Crippen molar-refractivity contribution in [1.82, 2.24) is 10.2 Å². The van der Waals surface area contributed by atoms with Crippen LogP contribution in [-0.2, 0) is 4.79 Å². The first-order valence-corrected chi connectivity index (χ1v) is 7.44. The first-order valence-electron chi connectivity index (χ1n) is 7.44. The van der Waals surface area contributed by atoms with Crippen molar-refractivity contribution in [2.75, 3.05) is 11.9 Å². The van der Waals surface area contributed by atoms with Crippen molar-refractivity contribution in [2.24, 2.45) is 5.92 Å². The molecule has 114 valence electrons. The molecule has 6 nitrogen and oxygen atoms in total. The van der Waals surface area contributed by atoms with Crippen molar-refractivity contribution in [1.29, 1.82) is 5.26 Å². The van der Waals surface area contributed by atoms with E-state index >= 15 is 0 Å². The molecule has 3 rings (SSSR count). The number of nitrogens with one attached hydrogen (secondary N) is 2. The number of likely N-dealkylation sites (tertiary alicyclic amines) is 1. The van der Waals surface area contributed by atoms with Gasteiger partial charge in [0, 0.05) is 24.7 Å². The van der Waals surface area contributed by atoms with Crippen LogP contribution in [0.15, 0.2) is 24.3 Å². The Morgan fingerprint density at radius 2 is 2.23 bits per heavy atom. The molecule has 0 unspecified atom stereocenters. The monoisotopic (exact) mass is 298 g/mol. The second-order valence-corrected chi connectivity index (χ2v) is 6.02. The zero-order valence-corrected chi connectivity index (χ0v) is 12.4. The van der Waals surface area contributed by atoms with Crippen molar-refractivity contribution < 1.29 is 9.59 Å². The fourth-order valence-electron chi connectivity index (χ4n) is 2.90. The average molecular weight is 298 g/mol. The quantitative estimate of drug-likeness (QED) is 0.890. The summed E-state index contributed by atoms with van der Waals surface area (Å²) in [6.45, 7) is 2.72. The number of hydrogen-bond acceptors (Lipinski definition) is 3. The van der Waals surface area contributed by atoms with Gasteiger partial charge >= 0.3 is 6.03 Å². The van der Waals surface area contributed by atoms with Crippen molar-refractivity contribution in [3.63, 3.8) is 0 Å². The summed E-state index contributed by atoms with van der Waals surface area (Å²) >= 11 is 0. The Hall–Kier alpha value is -2.55. The number of rotatable bonds is 3. The fourth-order valence-corrected chi connectivity index (χ4v) is 2.90. The van der Waals surface area contributed by atoms with Gasteiger partial charge in [-0.2, -0.15) is 5.26 Å². The Morgan fingerprint density at radius 3 is 2.91 bits per heavy atom. The maximum atomic E-state index is 12.0. The van der Waals surface area contributed by atoms with Crippen LogP contribution in [0.25, 0.3) is 0 Å². The summed E-state index contributed by atoms with van der Waals surface area (Å²) in [7, 11) is 0. The summed E-state index contributed by atoms with van der Waals surface area (Å²) < 4.78 is 0. The number of nitrogens with zero attached hydrogens (tertiary/aromatic N) is 2. The number of anilines is 1. The molecule has 1 saturated carbocycles. The molecule has 2 N–H and O–H groups in total. The minimum absolute atomic E-state index is 0.117. The van der Waals surface area contributed by atoms with E-state index in [-0.39, 0.29) is 18.0 Å². The van der Waals surface area contributed by atoms with E-state index in [1.54, 1.807) is 24.3 Å². The largest absolute Gasteiger partial charge is 0.337 e. The highest BCUT2D eigenvalue weighted by molar-refractivity contribution is 5.90. The number of hydrogen-bond donors (Lipinski definition) is 2. The molecule has 1 aromatic carbocycles. The van der Waals surface area contributed by atoms with Gasteiger partial charge in [0.05, 0.1) is 17.7 Å². The van der Waals surface area contributed by atoms with Gasteiger partial charge < -0.3 is 15.5 Å². The number of nitriles is 1. The lowest BCUT2D eigenvalue weighted by Gasteiger charge is -2.17. The van der Waals surface area contributed by atoms with Gasteiger partial charge in [0.1, 0.15) is 0 Å². The highest BCUT2D eigenvalue weighted by Crippen LogP contribution is 2.37. The Kier molecular flexibility index (Phi) is 3.72. The van der Waals surface area contributed by atoms with Crippen LogP contribution in [0, 0.1) is 17.2 Å². The third kappa shape index (κ3) is 3.03. The molecule has 2 fully saturated rings. The highest BCUT2D eigenvalue weighted by Gasteiger charge is 2.44. The van der Waals surface area contributed by atoms with Crippen LogP contribution in [0.3, 0.4) is 0 Å². The van der Waals surface area contributed by atoms with Gasteiger partial charge in [-0.15, -0.1) is 0 Å². The maximum Gasteiger partial charge on any atom is 0.319 e. The van der Waals surface area contributed by atoms with Crippen LogP contribution in [-0.4, -0.2) is 35.5 Å². The topological polar surface area (TPSA) is 85.2 Å². The van der Waals surface area contributed by atoms with Crippen molar-refractivity contribution in [3.8, 4) is 6.07 Å². The number of urea groups is 1. The molecular formula is C16H18N4O2. The lowest BCUT2D eigenvalue weighted by Crippen LogP contribution is -2.40. The summed E-state index contributed by atoms with van der Waals surface area (Å²) in [5, 5.41) is 14.4. The zero-order valence-electron chi connectivity index (χ0n) is 12.4. The predicted octanol–water partition coefficient (Wildman–Crippen LogP) is 1.69. The SMILES string of the molecule is C[C@@H]1C[C@@H]1N1C[C@@H](NC(=O)Nc2cccc(C#N)c2)CC1=O. The van der Waals surface area contributed by atoms with E-state index in [1.165, 1.54) is 0 Å². The highest BCUT2D eigenvalue weighted by atomic mass is 16.2. The Morgan fingerprint density at radius 1 is 1.45 bits per heavy atom. The molecule has 0 bridgehead atoms. The minimum Gasteiger partial charge on any atom is -0.337 e. The summed E-state index contributed by atoms with van der Waals surface area (Å²) in [4.78, 5) is 25.8. The van der Waals surface area contributed by atoms with E-state index in [2.05, 4.69) is 17.6 Å². The van der Waals surface area contributed by atoms with Crippen LogP contribution >= 0.6 is 0 Å². The molecule has 0 radical (unpaired) electrons. The maximum absolute atomic E-state index is 12.0. The first kappa shape index (κ1) is 14.4. The van der Waals surface area contributed by atoms with Crippen LogP contribution in [0.4, 0.5) is 10.5 Å². The van der Waals surface area contributed by atoms with Gasteiger partial charge in [0.2, 0.25) is 5.91 Å². The average Bonchev–Trinajstić information content (AvgIpc) is 3.09. The van der Waals surface area contributed by atoms with Gasteiger partial charge in [-0.1, -0.05) is 13.0 Å². The third-order valence-corrected chi connectivity index (χ3v) is 4.21. The summed E-state index contributed by atoms with van der Waals surface area (Å²) in [6, 6.07) is 8.60. The Labute approximate surface area is 129 Å². The molecule has 0 aromatic heterocycles. The molecule has 1 heterocycles.